The smallest absolute Gasteiger partial charge is 0.335 e. The maximum Gasteiger partial charge on any atom is 0.335 e. The Kier molecular flexibility index (Phi) is 6.25. The number of carboxylic acids is 1. The number of halogens is 4. The first-order valence-electron chi connectivity index (χ1n) is 9.38. The Labute approximate surface area is 195 Å². The maximum absolute atomic E-state index is 13.9. The lowest BCUT2D eigenvalue weighted by atomic mass is 10.1. The molecule has 32 heavy (non-hydrogen) atoms. The molecule has 0 bridgehead atoms. The molecule has 0 fully saturated rings. The minimum Gasteiger partial charge on any atom is -0.478 e. The summed E-state index contributed by atoms with van der Waals surface area (Å²) in [6.07, 6.45) is 1.75. The van der Waals surface area contributed by atoms with Crippen molar-refractivity contribution in [3.05, 3.63) is 99.1 Å². The third-order valence-electron chi connectivity index (χ3n) is 4.76. The van der Waals surface area contributed by atoms with E-state index in [4.69, 9.17) is 16.7 Å². The fourth-order valence-corrected chi connectivity index (χ4v) is 3.55. The van der Waals surface area contributed by atoms with Crippen LogP contribution < -0.4 is 5.32 Å². The quantitative estimate of drug-likeness (QED) is 0.304. The van der Waals surface area contributed by atoms with Gasteiger partial charge >= 0.3 is 5.97 Å². The number of carbonyl (C=O) groups is 1. The van der Waals surface area contributed by atoms with Crippen LogP contribution in [0.2, 0.25) is 5.02 Å². The van der Waals surface area contributed by atoms with Crippen LogP contribution in [-0.2, 0) is 6.54 Å². The van der Waals surface area contributed by atoms with Gasteiger partial charge in [0.2, 0.25) is 0 Å². The Morgan fingerprint density at radius 2 is 1.81 bits per heavy atom. The molecule has 0 atom stereocenters. The zero-order chi connectivity index (χ0) is 22.8. The zero-order valence-corrected chi connectivity index (χ0v) is 18.7. The Bertz CT molecular complexity index is 1310. The Morgan fingerprint density at radius 1 is 1.06 bits per heavy atom. The number of nitrogens with zero attached hydrogens (tertiary/aromatic N) is 2. The van der Waals surface area contributed by atoms with Crippen LogP contribution in [0.15, 0.2) is 71.3 Å². The molecule has 3 aromatic carbocycles. The minimum absolute atomic E-state index is 0.149. The molecule has 0 saturated heterocycles. The molecule has 5 nitrogen and oxygen atoms in total. The third-order valence-corrected chi connectivity index (χ3v) is 6.00. The topological polar surface area (TPSA) is 67.2 Å². The van der Waals surface area contributed by atoms with Gasteiger partial charge in [0, 0.05) is 34.0 Å². The number of rotatable bonds is 6. The highest BCUT2D eigenvalue weighted by molar-refractivity contribution is 9.10. The van der Waals surface area contributed by atoms with Crippen molar-refractivity contribution in [2.24, 2.45) is 0 Å². The molecule has 0 amide bonds. The molecular formula is C23H15BrClF2N3O2. The summed E-state index contributed by atoms with van der Waals surface area (Å²) < 4.78 is 29.7. The number of benzene rings is 3. The normalized spacial score (nSPS) is 10.9. The van der Waals surface area contributed by atoms with Crippen LogP contribution in [0.3, 0.4) is 0 Å². The molecule has 2 N–H and O–H groups in total. The molecule has 0 saturated carbocycles. The molecule has 4 aromatic rings. The van der Waals surface area contributed by atoms with E-state index in [0.29, 0.717) is 28.5 Å². The molecule has 0 radical (unpaired) electrons. The molecule has 1 heterocycles. The van der Waals surface area contributed by atoms with Crippen molar-refractivity contribution >= 4 is 39.2 Å². The second kappa shape index (κ2) is 9.10. The van der Waals surface area contributed by atoms with E-state index >= 15 is 0 Å². The van der Waals surface area contributed by atoms with E-state index in [1.165, 1.54) is 18.2 Å². The summed E-state index contributed by atoms with van der Waals surface area (Å²) in [7, 11) is 0. The number of carboxylic acid groups (broad SMARTS) is 1. The molecule has 9 heteroatoms. The van der Waals surface area contributed by atoms with Gasteiger partial charge < -0.3 is 10.4 Å². The van der Waals surface area contributed by atoms with Crippen LogP contribution >= 0.6 is 27.5 Å². The molecule has 0 spiro atoms. The third kappa shape index (κ3) is 4.66. The number of nitrogens with one attached hydrogen (secondary N) is 1. The molecule has 0 aliphatic heterocycles. The molecule has 4 rings (SSSR count). The molecule has 1 aromatic heterocycles. The predicted molar refractivity (Wildman–Crippen MR) is 122 cm³/mol. The number of hydrogen-bond acceptors (Lipinski definition) is 3. The van der Waals surface area contributed by atoms with Crippen molar-refractivity contribution in [2.45, 2.75) is 6.54 Å². The predicted octanol–water partition coefficient (Wildman–Crippen LogP) is 6.54. The van der Waals surface area contributed by atoms with Crippen LogP contribution in [0.1, 0.15) is 15.9 Å². The van der Waals surface area contributed by atoms with Gasteiger partial charge in [-0.25, -0.2) is 18.3 Å². The largest absolute Gasteiger partial charge is 0.478 e. The lowest BCUT2D eigenvalue weighted by molar-refractivity contribution is 0.0697. The summed E-state index contributed by atoms with van der Waals surface area (Å²) in [5.74, 6) is -2.94. The summed E-state index contributed by atoms with van der Waals surface area (Å²) in [4.78, 5) is 11.1. The second-order valence-corrected chi connectivity index (χ2v) is 8.17. The first-order chi connectivity index (χ1) is 15.3. The molecule has 0 aliphatic rings. The van der Waals surface area contributed by atoms with E-state index in [1.54, 1.807) is 29.1 Å². The lowest BCUT2D eigenvalue weighted by Crippen LogP contribution is -2.00. The average molecular weight is 519 g/mol. The lowest BCUT2D eigenvalue weighted by Gasteiger charge is -2.08. The van der Waals surface area contributed by atoms with E-state index in [0.717, 1.165) is 27.9 Å². The van der Waals surface area contributed by atoms with Crippen LogP contribution in [-0.4, -0.2) is 20.9 Å². The van der Waals surface area contributed by atoms with Gasteiger partial charge in [-0.3, -0.25) is 0 Å². The fraction of sp³-hybridized carbons (Fsp3) is 0.0435. The van der Waals surface area contributed by atoms with Crippen LogP contribution in [0.5, 0.6) is 0 Å². The van der Waals surface area contributed by atoms with Gasteiger partial charge in [-0.1, -0.05) is 11.6 Å². The van der Waals surface area contributed by atoms with E-state index < -0.39 is 17.6 Å². The highest BCUT2D eigenvalue weighted by Gasteiger charge is 2.15. The van der Waals surface area contributed by atoms with Gasteiger partial charge in [0.15, 0.2) is 11.6 Å². The zero-order valence-electron chi connectivity index (χ0n) is 16.3. The van der Waals surface area contributed by atoms with Crippen LogP contribution in [0.4, 0.5) is 14.5 Å². The van der Waals surface area contributed by atoms with Gasteiger partial charge in [0.1, 0.15) is 0 Å². The minimum atomic E-state index is -1.03. The van der Waals surface area contributed by atoms with Gasteiger partial charge in [-0.05, 0) is 76.6 Å². The number of aromatic nitrogens is 2. The van der Waals surface area contributed by atoms with E-state index in [-0.39, 0.29) is 5.56 Å². The van der Waals surface area contributed by atoms with Crippen molar-refractivity contribution in [1.29, 1.82) is 0 Å². The van der Waals surface area contributed by atoms with Crippen molar-refractivity contribution in [2.75, 3.05) is 5.32 Å². The van der Waals surface area contributed by atoms with Crippen molar-refractivity contribution in [3.8, 4) is 16.9 Å². The number of anilines is 1. The summed E-state index contributed by atoms with van der Waals surface area (Å²) >= 11 is 9.50. The first kappa shape index (κ1) is 22.0. The standard InChI is InChI=1S/C23H15BrClF2N3O2/c24-18-7-4-16(10-19(18)25)28-11-15-12-30(17-5-1-13(2-6-17)23(31)32)29-22(15)14-3-8-20(26)21(27)9-14/h1-10,12,28H,11H2,(H,31,32). The summed E-state index contributed by atoms with van der Waals surface area (Å²) in [6, 6.07) is 15.2. The second-order valence-electron chi connectivity index (χ2n) is 6.91. The van der Waals surface area contributed by atoms with E-state index in [2.05, 4.69) is 26.3 Å². The number of aromatic carboxylic acids is 1. The molecule has 0 aliphatic carbocycles. The van der Waals surface area contributed by atoms with Crippen molar-refractivity contribution < 1.29 is 18.7 Å². The van der Waals surface area contributed by atoms with Gasteiger partial charge in [-0.2, -0.15) is 5.10 Å². The van der Waals surface area contributed by atoms with Crippen molar-refractivity contribution in [3.63, 3.8) is 0 Å². The Hall–Kier alpha value is -3.23. The van der Waals surface area contributed by atoms with E-state index in [9.17, 15) is 13.6 Å². The van der Waals surface area contributed by atoms with Gasteiger partial charge in [0.05, 0.1) is 22.0 Å². The van der Waals surface area contributed by atoms with Gasteiger partial charge in [0.25, 0.3) is 0 Å². The fourth-order valence-electron chi connectivity index (χ4n) is 3.12. The highest BCUT2D eigenvalue weighted by atomic mass is 79.9. The van der Waals surface area contributed by atoms with Crippen molar-refractivity contribution in [1.82, 2.24) is 9.78 Å². The molecular weight excluding hydrogens is 504 g/mol. The van der Waals surface area contributed by atoms with Crippen LogP contribution in [0, 0.1) is 11.6 Å². The van der Waals surface area contributed by atoms with E-state index in [1.807, 2.05) is 12.1 Å². The molecule has 162 valence electrons. The summed E-state index contributed by atoms with van der Waals surface area (Å²) in [5, 5.41) is 17.4. The van der Waals surface area contributed by atoms with Crippen LogP contribution in [0.25, 0.3) is 16.9 Å². The summed E-state index contributed by atoms with van der Waals surface area (Å²) in [5.41, 5.74) is 3.13. The summed E-state index contributed by atoms with van der Waals surface area (Å²) in [6.45, 7) is 0.333. The maximum atomic E-state index is 13.9. The molecule has 0 unspecified atom stereocenters. The first-order valence-corrected chi connectivity index (χ1v) is 10.6. The Morgan fingerprint density at radius 3 is 2.47 bits per heavy atom. The SMILES string of the molecule is O=C(O)c1ccc(-n2cc(CNc3ccc(Br)c(Cl)c3)c(-c3ccc(F)c(F)c3)n2)cc1. The Balaban J connectivity index is 1.71. The highest BCUT2D eigenvalue weighted by Crippen LogP contribution is 2.28. The number of hydrogen-bond donors (Lipinski definition) is 2. The average Bonchev–Trinajstić information content (AvgIpc) is 3.21. The van der Waals surface area contributed by atoms with Gasteiger partial charge in [-0.15, -0.1) is 0 Å². The monoisotopic (exact) mass is 517 g/mol.